The lowest BCUT2D eigenvalue weighted by atomic mass is 10.1. The topological polar surface area (TPSA) is 112 Å². The molecule has 0 spiro atoms. The highest BCUT2D eigenvalue weighted by Crippen LogP contribution is 2.33. The van der Waals surface area contributed by atoms with Gasteiger partial charge in [-0.15, -0.1) is 0 Å². The third-order valence-corrected chi connectivity index (χ3v) is 3.45. The second-order valence-electron chi connectivity index (χ2n) is 4.92. The summed E-state index contributed by atoms with van der Waals surface area (Å²) in [5, 5.41) is 15.0. The molecule has 0 saturated heterocycles. The van der Waals surface area contributed by atoms with Crippen LogP contribution < -0.4 is 19.6 Å². The van der Waals surface area contributed by atoms with Crippen LogP contribution in [0.3, 0.4) is 0 Å². The second kappa shape index (κ2) is 8.47. The van der Waals surface area contributed by atoms with Gasteiger partial charge in [0.15, 0.2) is 11.5 Å². The Kier molecular flexibility index (Phi) is 6.10. The number of amides is 1. The summed E-state index contributed by atoms with van der Waals surface area (Å²) >= 11 is 0. The molecule has 1 amide bonds. The van der Waals surface area contributed by atoms with Gasteiger partial charge in [0.05, 0.1) is 49.7 Å². The van der Waals surface area contributed by atoms with Crippen LogP contribution in [0.1, 0.15) is 15.9 Å². The van der Waals surface area contributed by atoms with Crippen molar-refractivity contribution in [1.29, 1.82) is 0 Å². The summed E-state index contributed by atoms with van der Waals surface area (Å²) in [7, 11) is 4.24. The van der Waals surface area contributed by atoms with E-state index in [1.54, 1.807) is 24.3 Å². The van der Waals surface area contributed by atoms with Gasteiger partial charge in [-0.25, -0.2) is 5.43 Å². The molecule has 2 rings (SSSR count). The van der Waals surface area contributed by atoms with E-state index in [0.29, 0.717) is 11.5 Å². The van der Waals surface area contributed by atoms with Gasteiger partial charge in [-0.1, -0.05) is 12.1 Å². The minimum absolute atomic E-state index is 0.146. The molecule has 0 saturated carbocycles. The minimum Gasteiger partial charge on any atom is -0.496 e. The molecule has 0 heterocycles. The highest BCUT2D eigenvalue weighted by atomic mass is 16.6. The fourth-order valence-corrected chi connectivity index (χ4v) is 2.20. The number of nitrogens with zero attached hydrogens (tertiary/aromatic N) is 2. The Morgan fingerprint density at radius 2 is 1.69 bits per heavy atom. The molecule has 2 aromatic carbocycles. The lowest BCUT2D eigenvalue weighted by molar-refractivity contribution is -0.385. The van der Waals surface area contributed by atoms with Crippen LogP contribution in [-0.4, -0.2) is 38.4 Å². The number of carbonyl (C=O) groups is 1. The fourth-order valence-electron chi connectivity index (χ4n) is 2.20. The summed E-state index contributed by atoms with van der Waals surface area (Å²) in [5.74, 6) is 0.393. The first-order valence-electron chi connectivity index (χ1n) is 7.38. The standard InChI is InChI=1S/C17H17N3O6/c1-24-14-7-5-4-6-12(14)17(21)19-18-10-11-8-15(25-2)16(26-3)9-13(11)20(22)23/h4-10H,1-3H3,(H,19,21)/b18-10-. The van der Waals surface area contributed by atoms with E-state index in [4.69, 9.17) is 14.2 Å². The van der Waals surface area contributed by atoms with Gasteiger partial charge in [-0.2, -0.15) is 5.10 Å². The number of rotatable bonds is 7. The van der Waals surface area contributed by atoms with E-state index in [0.717, 1.165) is 6.21 Å². The average molecular weight is 359 g/mol. The first kappa shape index (κ1) is 18.7. The number of methoxy groups -OCH3 is 3. The van der Waals surface area contributed by atoms with E-state index in [1.165, 1.54) is 33.5 Å². The van der Waals surface area contributed by atoms with Gasteiger partial charge in [0.2, 0.25) is 0 Å². The number of nitro benzene ring substituents is 1. The third kappa shape index (κ3) is 4.07. The van der Waals surface area contributed by atoms with Gasteiger partial charge >= 0.3 is 0 Å². The van der Waals surface area contributed by atoms with E-state index in [-0.39, 0.29) is 22.6 Å². The molecule has 2 aromatic rings. The zero-order chi connectivity index (χ0) is 19.1. The van der Waals surface area contributed by atoms with Gasteiger partial charge < -0.3 is 14.2 Å². The van der Waals surface area contributed by atoms with Crippen LogP contribution in [-0.2, 0) is 0 Å². The number of ether oxygens (including phenoxy) is 3. The summed E-state index contributed by atoms with van der Waals surface area (Å²) in [6.45, 7) is 0. The maximum absolute atomic E-state index is 12.2. The zero-order valence-electron chi connectivity index (χ0n) is 14.4. The van der Waals surface area contributed by atoms with Crippen molar-refractivity contribution in [1.82, 2.24) is 5.43 Å². The van der Waals surface area contributed by atoms with Crippen LogP contribution in [0.15, 0.2) is 41.5 Å². The maximum atomic E-state index is 12.2. The molecule has 9 heteroatoms. The molecule has 0 aliphatic rings. The second-order valence-corrected chi connectivity index (χ2v) is 4.92. The molecule has 1 N–H and O–H groups in total. The van der Waals surface area contributed by atoms with Crippen LogP contribution in [0.2, 0.25) is 0 Å². The van der Waals surface area contributed by atoms with Crippen molar-refractivity contribution in [2.75, 3.05) is 21.3 Å². The molecule has 0 aliphatic heterocycles. The van der Waals surface area contributed by atoms with Crippen LogP contribution in [0.25, 0.3) is 0 Å². The Morgan fingerprint density at radius 1 is 1.08 bits per heavy atom. The molecular weight excluding hydrogens is 342 g/mol. The van der Waals surface area contributed by atoms with Gasteiger partial charge in [-0.05, 0) is 18.2 Å². The Bertz CT molecular complexity index is 850. The predicted octanol–water partition coefficient (Wildman–Crippen LogP) is 2.38. The maximum Gasteiger partial charge on any atom is 0.282 e. The predicted molar refractivity (Wildman–Crippen MR) is 94.3 cm³/mol. The lowest BCUT2D eigenvalue weighted by Gasteiger charge is -2.08. The van der Waals surface area contributed by atoms with Crippen molar-refractivity contribution < 1.29 is 23.9 Å². The quantitative estimate of drug-likeness (QED) is 0.461. The first-order chi connectivity index (χ1) is 12.5. The summed E-state index contributed by atoms with van der Waals surface area (Å²) in [6.07, 6.45) is 1.16. The van der Waals surface area contributed by atoms with Gasteiger partial charge in [0.1, 0.15) is 5.75 Å². The lowest BCUT2D eigenvalue weighted by Crippen LogP contribution is -2.18. The molecule has 9 nitrogen and oxygen atoms in total. The van der Waals surface area contributed by atoms with E-state index in [2.05, 4.69) is 10.5 Å². The molecule has 0 radical (unpaired) electrons. The number of para-hydroxylation sites is 1. The van der Waals surface area contributed by atoms with Gasteiger partial charge in [0, 0.05) is 0 Å². The molecule has 0 aromatic heterocycles. The molecule has 26 heavy (non-hydrogen) atoms. The minimum atomic E-state index is -0.578. The molecule has 0 aliphatic carbocycles. The van der Waals surface area contributed by atoms with Gasteiger partial charge in [0.25, 0.3) is 11.6 Å². The summed E-state index contributed by atoms with van der Waals surface area (Å²) in [4.78, 5) is 22.8. The summed E-state index contributed by atoms with van der Waals surface area (Å²) < 4.78 is 15.3. The smallest absolute Gasteiger partial charge is 0.282 e. The van der Waals surface area contributed by atoms with E-state index in [9.17, 15) is 14.9 Å². The van der Waals surface area contributed by atoms with Crippen molar-refractivity contribution in [2.24, 2.45) is 5.10 Å². The SMILES string of the molecule is COc1cc(/C=N\NC(=O)c2ccccc2OC)c([N+](=O)[O-])cc1OC. The number of nitro groups is 1. The Hall–Kier alpha value is -3.62. The molecule has 0 bridgehead atoms. The third-order valence-electron chi connectivity index (χ3n) is 3.45. The van der Waals surface area contributed by atoms with Crippen LogP contribution in [0.5, 0.6) is 17.2 Å². The fraction of sp³-hybridized carbons (Fsp3) is 0.176. The van der Waals surface area contributed by atoms with Crippen molar-refractivity contribution in [3.05, 3.63) is 57.6 Å². The Labute approximate surface area is 149 Å². The largest absolute Gasteiger partial charge is 0.496 e. The number of hydrogen-bond acceptors (Lipinski definition) is 7. The average Bonchev–Trinajstić information content (AvgIpc) is 2.66. The van der Waals surface area contributed by atoms with Gasteiger partial charge in [-0.3, -0.25) is 14.9 Å². The Morgan fingerprint density at radius 3 is 2.31 bits per heavy atom. The van der Waals surface area contributed by atoms with Crippen LogP contribution >= 0.6 is 0 Å². The van der Waals surface area contributed by atoms with E-state index < -0.39 is 10.8 Å². The highest BCUT2D eigenvalue weighted by molar-refractivity contribution is 5.97. The van der Waals surface area contributed by atoms with E-state index >= 15 is 0 Å². The number of carbonyl (C=O) groups excluding carboxylic acids is 1. The van der Waals surface area contributed by atoms with Crippen LogP contribution in [0.4, 0.5) is 5.69 Å². The van der Waals surface area contributed by atoms with Crippen molar-refractivity contribution in [3.63, 3.8) is 0 Å². The molecular formula is C17H17N3O6. The number of nitrogens with one attached hydrogen (secondary N) is 1. The van der Waals surface area contributed by atoms with Crippen molar-refractivity contribution >= 4 is 17.8 Å². The highest BCUT2D eigenvalue weighted by Gasteiger charge is 2.18. The number of hydrazone groups is 1. The first-order valence-corrected chi connectivity index (χ1v) is 7.38. The Balaban J connectivity index is 2.27. The zero-order valence-corrected chi connectivity index (χ0v) is 14.4. The molecule has 0 fully saturated rings. The number of hydrogen-bond donors (Lipinski definition) is 1. The normalized spacial score (nSPS) is 10.4. The number of benzene rings is 2. The van der Waals surface area contributed by atoms with Crippen molar-refractivity contribution in [2.45, 2.75) is 0 Å². The summed E-state index contributed by atoms with van der Waals surface area (Å²) in [6, 6.07) is 9.24. The molecule has 0 atom stereocenters. The monoisotopic (exact) mass is 359 g/mol. The van der Waals surface area contributed by atoms with E-state index in [1.807, 2.05) is 0 Å². The molecule has 0 unspecified atom stereocenters. The molecule has 136 valence electrons. The van der Waals surface area contributed by atoms with Crippen molar-refractivity contribution in [3.8, 4) is 17.2 Å². The van der Waals surface area contributed by atoms with Crippen LogP contribution in [0, 0.1) is 10.1 Å². The summed E-state index contributed by atoms with van der Waals surface area (Å²) in [5.41, 5.74) is 2.50.